The zero-order valence-corrected chi connectivity index (χ0v) is 14.1. The highest BCUT2D eigenvalue weighted by molar-refractivity contribution is 9.10. The van der Waals surface area contributed by atoms with Crippen LogP contribution in [0.15, 0.2) is 51.8 Å². The fourth-order valence-electron chi connectivity index (χ4n) is 1.67. The summed E-state index contributed by atoms with van der Waals surface area (Å²) in [6, 6.07) is 11.1. The molecule has 4 nitrogen and oxygen atoms in total. The third kappa shape index (κ3) is 3.84. The predicted molar refractivity (Wildman–Crippen MR) is 86.7 cm³/mol. The van der Waals surface area contributed by atoms with Gasteiger partial charge in [-0.25, -0.2) is 8.42 Å². The molecule has 0 heterocycles. The summed E-state index contributed by atoms with van der Waals surface area (Å²) < 4.78 is 23.7. The van der Waals surface area contributed by atoms with Gasteiger partial charge >= 0.3 is 0 Å². The van der Waals surface area contributed by atoms with Crippen molar-refractivity contribution in [2.24, 2.45) is 0 Å². The van der Waals surface area contributed by atoms with Crippen molar-refractivity contribution in [3.63, 3.8) is 0 Å². The highest BCUT2D eigenvalue weighted by atomic mass is 79.9. The molecule has 0 bridgehead atoms. The summed E-state index contributed by atoms with van der Waals surface area (Å²) in [6.07, 6.45) is 1.09. The van der Waals surface area contributed by atoms with E-state index in [1.807, 2.05) is 0 Å². The minimum atomic E-state index is -3.37. The van der Waals surface area contributed by atoms with Crippen LogP contribution in [0, 0.1) is 0 Å². The Morgan fingerprint density at radius 1 is 1.19 bits per heavy atom. The largest absolute Gasteiger partial charge is 0.321 e. The van der Waals surface area contributed by atoms with E-state index in [1.54, 1.807) is 24.3 Å². The molecule has 0 aromatic heterocycles. The highest BCUT2D eigenvalue weighted by Gasteiger charge is 2.14. The van der Waals surface area contributed by atoms with Crippen LogP contribution in [-0.2, 0) is 9.84 Å². The number of amides is 1. The monoisotopic (exact) mass is 387 g/mol. The lowest BCUT2D eigenvalue weighted by molar-refractivity contribution is 0.102. The van der Waals surface area contributed by atoms with Gasteiger partial charge in [0, 0.05) is 10.7 Å². The van der Waals surface area contributed by atoms with Crippen molar-refractivity contribution in [1.82, 2.24) is 0 Å². The zero-order chi connectivity index (χ0) is 15.6. The Kier molecular flexibility index (Phi) is 4.70. The molecule has 2 aromatic rings. The van der Waals surface area contributed by atoms with Gasteiger partial charge in [0.2, 0.25) is 0 Å². The Morgan fingerprint density at radius 2 is 1.86 bits per heavy atom. The first-order valence-corrected chi connectivity index (χ1v) is 8.91. The lowest BCUT2D eigenvalue weighted by Crippen LogP contribution is -2.13. The summed E-state index contributed by atoms with van der Waals surface area (Å²) in [5.41, 5.74) is 0.679. The molecule has 0 saturated carbocycles. The number of carbonyl (C=O) groups excluding carboxylic acids is 1. The number of sulfone groups is 1. The van der Waals surface area contributed by atoms with E-state index in [0.717, 1.165) is 6.26 Å². The predicted octanol–water partition coefficient (Wildman–Crippen LogP) is 3.76. The van der Waals surface area contributed by atoms with Gasteiger partial charge in [-0.15, -0.1) is 0 Å². The topological polar surface area (TPSA) is 63.2 Å². The number of hydrogen-bond donors (Lipinski definition) is 1. The molecule has 110 valence electrons. The van der Waals surface area contributed by atoms with Crippen LogP contribution in [0.25, 0.3) is 0 Å². The van der Waals surface area contributed by atoms with Gasteiger partial charge in [0.25, 0.3) is 5.91 Å². The normalized spacial score (nSPS) is 11.2. The van der Waals surface area contributed by atoms with Crippen LogP contribution in [0.1, 0.15) is 10.4 Å². The van der Waals surface area contributed by atoms with Crippen molar-refractivity contribution in [1.29, 1.82) is 0 Å². The zero-order valence-electron chi connectivity index (χ0n) is 10.9. The van der Waals surface area contributed by atoms with E-state index in [2.05, 4.69) is 21.2 Å². The maximum atomic E-state index is 12.2. The molecule has 0 unspecified atom stereocenters. The lowest BCUT2D eigenvalue weighted by atomic mass is 10.2. The van der Waals surface area contributed by atoms with Crippen molar-refractivity contribution in [2.75, 3.05) is 11.6 Å². The molecule has 2 aromatic carbocycles. The fraction of sp³-hybridized carbons (Fsp3) is 0.0714. The molecule has 1 amide bonds. The maximum Gasteiger partial charge on any atom is 0.256 e. The molecular formula is C14H11BrClNO3S. The summed E-state index contributed by atoms with van der Waals surface area (Å²) in [5.74, 6) is -0.380. The van der Waals surface area contributed by atoms with Crippen LogP contribution in [0.4, 0.5) is 5.69 Å². The number of hydrogen-bond acceptors (Lipinski definition) is 3. The van der Waals surface area contributed by atoms with Gasteiger partial charge < -0.3 is 5.32 Å². The number of carbonyl (C=O) groups is 1. The number of halogens is 2. The summed E-state index contributed by atoms with van der Waals surface area (Å²) >= 11 is 9.28. The fourth-order valence-corrected chi connectivity index (χ4v) is 2.94. The van der Waals surface area contributed by atoms with Crippen molar-refractivity contribution in [2.45, 2.75) is 4.90 Å². The maximum absolute atomic E-state index is 12.2. The number of rotatable bonds is 3. The van der Waals surface area contributed by atoms with E-state index in [9.17, 15) is 13.2 Å². The van der Waals surface area contributed by atoms with E-state index >= 15 is 0 Å². The molecule has 0 aliphatic carbocycles. The van der Waals surface area contributed by atoms with E-state index in [0.29, 0.717) is 10.0 Å². The highest BCUT2D eigenvalue weighted by Crippen LogP contribution is 2.26. The molecule has 2 rings (SSSR count). The van der Waals surface area contributed by atoms with Gasteiger partial charge in [-0.1, -0.05) is 23.7 Å². The minimum absolute atomic E-state index is 0.0920. The SMILES string of the molecule is CS(=O)(=O)c1ccc(Cl)c(NC(=O)c2ccccc2Br)c1. The van der Waals surface area contributed by atoms with E-state index < -0.39 is 9.84 Å². The third-order valence-corrected chi connectivity index (χ3v) is 4.86. The van der Waals surface area contributed by atoms with Gasteiger partial charge in [0.1, 0.15) is 0 Å². The Labute approximate surface area is 136 Å². The average Bonchev–Trinajstić information content (AvgIpc) is 2.40. The van der Waals surface area contributed by atoms with E-state index in [1.165, 1.54) is 18.2 Å². The van der Waals surface area contributed by atoms with Gasteiger partial charge in [0.15, 0.2) is 9.84 Å². The van der Waals surface area contributed by atoms with Crippen LogP contribution in [0.3, 0.4) is 0 Å². The van der Waals surface area contributed by atoms with Crippen LogP contribution < -0.4 is 5.32 Å². The second kappa shape index (κ2) is 6.17. The van der Waals surface area contributed by atoms with Gasteiger partial charge in [-0.2, -0.15) is 0 Å². The minimum Gasteiger partial charge on any atom is -0.321 e. The second-order valence-electron chi connectivity index (χ2n) is 4.35. The Balaban J connectivity index is 2.36. The number of anilines is 1. The number of benzene rings is 2. The first-order chi connectivity index (χ1) is 9.79. The molecule has 0 atom stereocenters. The van der Waals surface area contributed by atoms with Crippen LogP contribution in [0.2, 0.25) is 5.02 Å². The molecule has 0 saturated heterocycles. The smallest absolute Gasteiger partial charge is 0.256 e. The Morgan fingerprint density at radius 3 is 2.48 bits per heavy atom. The average molecular weight is 389 g/mol. The summed E-state index contributed by atoms with van der Waals surface area (Å²) in [5, 5.41) is 2.88. The molecule has 0 radical (unpaired) electrons. The molecule has 0 spiro atoms. The third-order valence-electron chi connectivity index (χ3n) is 2.73. The quantitative estimate of drug-likeness (QED) is 0.871. The summed E-state index contributed by atoms with van der Waals surface area (Å²) in [4.78, 5) is 12.3. The molecule has 0 fully saturated rings. The van der Waals surface area contributed by atoms with Crippen molar-refractivity contribution >= 4 is 49.0 Å². The lowest BCUT2D eigenvalue weighted by Gasteiger charge is -2.10. The molecular weight excluding hydrogens is 378 g/mol. The Hall–Kier alpha value is -1.37. The number of nitrogens with one attached hydrogen (secondary N) is 1. The van der Waals surface area contributed by atoms with Gasteiger partial charge in [-0.3, -0.25) is 4.79 Å². The first-order valence-electron chi connectivity index (χ1n) is 5.84. The summed E-state index contributed by atoms with van der Waals surface area (Å²) in [6.45, 7) is 0. The molecule has 7 heteroatoms. The van der Waals surface area contributed by atoms with Gasteiger partial charge in [-0.05, 0) is 46.3 Å². The van der Waals surface area contributed by atoms with Gasteiger partial charge in [0.05, 0.1) is 21.2 Å². The van der Waals surface area contributed by atoms with E-state index in [4.69, 9.17) is 11.6 Å². The van der Waals surface area contributed by atoms with Crippen molar-refractivity contribution < 1.29 is 13.2 Å². The Bertz CT molecular complexity index is 806. The van der Waals surface area contributed by atoms with Crippen LogP contribution in [-0.4, -0.2) is 20.6 Å². The second-order valence-corrected chi connectivity index (χ2v) is 7.63. The van der Waals surface area contributed by atoms with Crippen LogP contribution >= 0.6 is 27.5 Å². The first kappa shape index (κ1) is 16.0. The standard InChI is InChI=1S/C14H11BrClNO3S/c1-21(19,20)9-6-7-12(16)13(8-9)17-14(18)10-4-2-3-5-11(10)15/h2-8H,1H3,(H,17,18). The molecule has 0 aliphatic rings. The molecule has 0 aliphatic heterocycles. The van der Waals surface area contributed by atoms with Crippen molar-refractivity contribution in [3.05, 3.63) is 57.5 Å². The molecule has 1 N–H and O–H groups in total. The van der Waals surface area contributed by atoms with Crippen molar-refractivity contribution in [3.8, 4) is 0 Å². The van der Waals surface area contributed by atoms with E-state index in [-0.39, 0.29) is 21.5 Å². The summed E-state index contributed by atoms with van der Waals surface area (Å²) in [7, 11) is -3.37. The molecule has 21 heavy (non-hydrogen) atoms. The van der Waals surface area contributed by atoms with Crippen LogP contribution in [0.5, 0.6) is 0 Å².